The van der Waals surface area contributed by atoms with E-state index >= 15 is 0 Å². The molecule has 6 heteroatoms. The van der Waals surface area contributed by atoms with Gasteiger partial charge in [-0.05, 0) is 59.8 Å². The highest BCUT2D eigenvalue weighted by atomic mass is 16.2. The van der Waals surface area contributed by atoms with E-state index in [4.69, 9.17) is 5.73 Å². The van der Waals surface area contributed by atoms with Crippen molar-refractivity contribution < 1.29 is 4.79 Å². The Balaban J connectivity index is 1.39. The predicted octanol–water partition coefficient (Wildman–Crippen LogP) is 4.63. The number of anilines is 1. The average molecular weight is 450 g/mol. The molecule has 1 aliphatic carbocycles. The molecule has 2 heterocycles. The first-order valence-electron chi connectivity index (χ1n) is 11.8. The molecule has 1 aliphatic heterocycles. The van der Waals surface area contributed by atoms with Gasteiger partial charge in [0.2, 0.25) is 5.95 Å². The topological polar surface area (TPSA) is 75.4 Å². The lowest BCUT2D eigenvalue weighted by atomic mass is 9.97. The Labute approximate surface area is 199 Å². The van der Waals surface area contributed by atoms with E-state index in [-0.39, 0.29) is 11.9 Å². The minimum Gasteiger partial charge on any atom is -0.368 e. The molecule has 0 spiro atoms. The Morgan fingerprint density at radius 2 is 1.71 bits per heavy atom. The summed E-state index contributed by atoms with van der Waals surface area (Å²) in [7, 11) is 2.19. The van der Waals surface area contributed by atoms with Crippen LogP contribution >= 0.6 is 0 Å². The second kappa shape index (κ2) is 8.22. The second-order valence-electron chi connectivity index (χ2n) is 9.40. The maximum absolute atomic E-state index is 13.6. The summed E-state index contributed by atoms with van der Waals surface area (Å²) in [5.41, 5.74) is 12.9. The van der Waals surface area contributed by atoms with Gasteiger partial charge in [-0.15, -0.1) is 0 Å². The Morgan fingerprint density at radius 3 is 2.44 bits per heavy atom. The van der Waals surface area contributed by atoms with Crippen molar-refractivity contribution in [2.75, 3.05) is 12.8 Å². The molecular formula is C28H27N5O. The number of rotatable bonds is 5. The molecule has 1 fully saturated rings. The molecule has 0 radical (unpaired) electrons. The third kappa shape index (κ3) is 3.80. The predicted molar refractivity (Wildman–Crippen MR) is 134 cm³/mol. The van der Waals surface area contributed by atoms with Gasteiger partial charge in [-0.2, -0.15) is 0 Å². The van der Waals surface area contributed by atoms with Gasteiger partial charge in [-0.25, -0.2) is 9.97 Å². The highest BCUT2D eigenvalue weighted by Crippen LogP contribution is 2.33. The second-order valence-corrected chi connectivity index (χ2v) is 9.40. The Morgan fingerprint density at radius 1 is 1.00 bits per heavy atom. The third-order valence-corrected chi connectivity index (χ3v) is 6.96. The smallest absolute Gasteiger partial charge is 0.273 e. The number of amides is 1. The van der Waals surface area contributed by atoms with Crippen molar-refractivity contribution in [1.29, 1.82) is 0 Å². The van der Waals surface area contributed by atoms with E-state index in [2.05, 4.69) is 64.4 Å². The van der Waals surface area contributed by atoms with Crippen LogP contribution in [0.2, 0.25) is 0 Å². The van der Waals surface area contributed by atoms with Gasteiger partial charge in [-0.3, -0.25) is 9.69 Å². The van der Waals surface area contributed by atoms with Crippen molar-refractivity contribution >= 4 is 22.8 Å². The van der Waals surface area contributed by atoms with Crippen LogP contribution in [0.15, 0.2) is 66.7 Å². The standard InChI is InChI=1S/C28H27N5O/c1-32(22-11-12-22)15-21-8-4-5-9-23(21)18-10-13-25-24(14-18)26(31-28(29)30-25)27(34)33-16-19-6-2-3-7-20(19)17-33/h2-10,13-14,22H,11-12,15-17H2,1H3,(H2,29,30,31). The monoisotopic (exact) mass is 449 g/mol. The number of nitrogen functional groups attached to an aromatic ring is 1. The molecule has 0 saturated heterocycles. The first-order chi connectivity index (χ1) is 16.6. The van der Waals surface area contributed by atoms with E-state index in [0.29, 0.717) is 30.3 Å². The van der Waals surface area contributed by atoms with Crippen molar-refractivity contribution in [3.05, 3.63) is 89.1 Å². The minimum absolute atomic E-state index is 0.116. The maximum atomic E-state index is 13.6. The van der Waals surface area contributed by atoms with Gasteiger partial charge < -0.3 is 10.6 Å². The van der Waals surface area contributed by atoms with E-state index < -0.39 is 0 Å². The van der Waals surface area contributed by atoms with Crippen LogP contribution in [-0.4, -0.2) is 38.8 Å². The van der Waals surface area contributed by atoms with Crippen molar-refractivity contribution in [2.24, 2.45) is 0 Å². The van der Waals surface area contributed by atoms with Gasteiger partial charge in [0.15, 0.2) is 0 Å². The summed E-state index contributed by atoms with van der Waals surface area (Å²) in [5, 5.41) is 0.734. The Hall–Kier alpha value is -3.77. The van der Waals surface area contributed by atoms with Gasteiger partial charge in [0.05, 0.1) is 5.52 Å². The van der Waals surface area contributed by atoms with Crippen LogP contribution in [-0.2, 0) is 19.6 Å². The average Bonchev–Trinajstić information content (AvgIpc) is 3.62. The lowest BCUT2D eigenvalue weighted by Crippen LogP contribution is -2.27. The van der Waals surface area contributed by atoms with Gasteiger partial charge in [-0.1, -0.05) is 54.6 Å². The summed E-state index contributed by atoms with van der Waals surface area (Å²) in [6.07, 6.45) is 2.55. The summed E-state index contributed by atoms with van der Waals surface area (Å²) in [4.78, 5) is 26.7. The summed E-state index contributed by atoms with van der Waals surface area (Å²) in [6, 6.07) is 23.4. The van der Waals surface area contributed by atoms with Gasteiger partial charge in [0.1, 0.15) is 5.69 Å². The lowest BCUT2D eigenvalue weighted by molar-refractivity contribution is 0.0747. The van der Waals surface area contributed by atoms with Crippen molar-refractivity contribution in [3.63, 3.8) is 0 Å². The molecule has 0 unspecified atom stereocenters. The fourth-order valence-electron chi connectivity index (χ4n) is 4.96. The molecule has 170 valence electrons. The molecule has 6 nitrogen and oxygen atoms in total. The molecular weight excluding hydrogens is 422 g/mol. The number of benzene rings is 3. The van der Waals surface area contributed by atoms with Gasteiger partial charge in [0.25, 0.3) is 5.91 Å². The van der Waals surface area contributed by atoms with E-state index in [0.717, 1.165) is 17.5 Å². The highest BCUT2D eigenvalue weighted by molar-refractivity contribution is 6.05. The molecule has 2 N–H and O–H groups in total. The van der Waals surface area contributed by atoms with E-state index in [1.807, 2.05) is 29.2 Å². The molecule has 34 heavy (non-hydrogen) atoms. The summed E-state index contributed by atoms with van der Waals surface area (Å²) < 4.78 is 0. The van der Waals surface area contributed by atoms with E-state index in [1.165, 1.54) is 35.1 Å². The highest BCUT2D eigenvalue weighted by Gasteiger charge is 2.28. The fraction of sp³-hybridized carbons (Fsp3) is 0.250. The number of carbonyl (C=O) groups excluding carboxylic acids is 1. The van der Waals surface area contributed by atoms with Gasteiger partial charge >= 0.3 is 0 Å². The normalized spacial score (nSPS) is 15.2. The quantitative estimate of drug-likeness (QED) is 0.481. The zero-order valence-corrected chi connectivity index (χ0v) is 19.2. The van der Waals surface area contributed by atoms with E-state index in [9.17, 15) is 4.79 Å². The lowest BCUT2D eigenvalue weighted by Gasteiger charge is -2.19. The van der Waals surface area contributed by atoms with Gasteiger partial charge in [0, 0.05) is 31.1 Å². The van der Waals surface area contributed by atoms with Crippen LogP contribution in [0.5, 0.6) is 0 Å². The number of hydrogen-bond donors (Lipinski definition) is 1. The van der Waals surface area contributed by atoms with Crippen molar-refractivity contribution in [1.82, 2.24) is 19.8 Å². The van der Waals surface area contributed by atoms with Crippen LogP contribution in [0.3, 0.4) is 0 Å². The number of nitrogens with two attached hydrogens (primary N) is 1. The zero-order chi connectivity index (χ0) is 23.2. The molecule has 2 aliphatic rings. The summed E-state index contributed by atoms with van der Waals surface area (Å²) in [6.45, 7) is 2.06. The van der Waals surface area contributed by atoms with Crippen LogP contribution < -0.4 is 5.73 Å². The number of hydrogen-bond acceptors (Lipinski definition) is 5. The number of nitrogens with zero attached hydrogens (tertiary/aromatic N) is 4. The molecule has 0 atom stereocenters. The summed E-state index contributed by atoms with van der Waals surface area (Å²) >= 11 is 0. The molecule has 6 rings (SSSR count). The zero-order valence-electron chi connectivity index (χ0n) is 19.2. The largest absolute Gasteiger partial charge is 0.368 e. The Bertz CT molecular complexity index is 1390. The fourth-order valence-corrected chi connectivity index (χ4v) is 4.96. The minimum atomic E-state index is -0.116. The van der Waals surface area contributed by atoms with Crippen molar-refractivity contribution in [3.8, 4) is 11.1 Å². The van der Waals surface area contributed by atoms with Crippen LogP contribution in [0.1, 0.15) is 40.0 Å². The number of aromatic nitrogens is 2. The number of carbonyl (C=O) groups is 1. The SMILES string of the molecule is CN(Cc1ccccc1-c1ccc2nc(N)nc(C(=O)N3Cc4ccccc4C3)c2c1)C1CC1. The molecule has 0 bridgehead atoms. The molecule has 3 aromatic carbocycles. The van der Waals surface area contributed by atoms with Crippen LogP contribution in [0.25, 0.3) is 22.0 Å². The third-order valence-electron chi connectivity index (χ3n) is 6.96. The van der Waals surface area contributed by atoms with E-state index in [1.54, 1.807) is 0 Å². The number of fused-ring (bicyclic) bond motifs is 2. The molecule has 1 amide bonds. The first kappa shape index (κ1) is 20.8. The summed E-state index contributed by atoms with van der Waals surface area (Å²) in [5.74, 6) is 0.000899. The van der Waals surface area contributed by atoms with Crippen LogP contribution in [0.4, 0.5) is 5.95 Å². The molecule has 4 aromatic rings. The van der Waals surface area contributed by atoms with Crippen LogP contribution in [0, 0.1) is 0 Å². The molecule has 1 aromatic heterocycles. The van der Waals surface area contributed by atoms with Crippen molar-refractivity contribution in [2.45, 2.75) is 38.5 Å². The first-order valence-corrected chi connectivity index (χ1v) is 11.8. The Kier molecular flexibility index (Phi) is 5.03. The molecule has 1 saturated carbocycles. The maximum Gasteiger partial charge on any atom is 0.273 e.